The molecule has 0 bridgehead atoms. The van der Waals surface area contributed by atoms with Crippen molar-refractivity contribution in [3.8, 4) is 0 Å². The van der Waals surface area contributed by atoms with Crippen molar-refractivity contribution in [2.75, 3.05) is 20.3 Å². The summed E-state index contributed by atoms with van der Waals surface area (Å²) in [5, 5.41) is 13.7. The molecule has 0 saturated carbocycles. The first-order valence-corrected chi connectivity index (χ1v) is 7.02. The van der Waals surface area contributed by atoms with E-state index in [2.05, 4.69) is 26.1 Å². The van der Waals surface area contributed by atoms with Crippen LogP contribution in [0, 0.1) is 0 Å². The minimum Gasteiger partial charge on any atom is -0.394 e. The first-order chi connectivity index (χ1) is 7.50. The summed E-state index contributed by atoms with van der Waals surface area (Å²) in [6.45, 7) is 7.54. The summed E-state index contributed by atoms with van der Waals surface area (Å²) in [7, 11) is 1.91. The van der Waals surface area contributed by atoms with E-state index in [1.165, 1.54) is 0 Å². The number of ether oxygens (including phenoxy) is 1. The van der Waals surface area contributed by atoms with Crippen molar-refractivity contribution in [3.63, 3.8) is 0 Å². The molecule has 2 N–H and O–H groups in total. The number of hydrogen-bond donors (Lipinski definition) is 2. The van der Waals surface area contributed by atoms with Gasteiger partial charge in [0.25, 0.3) is 0 Å². The van der Waals surface area contributed by atoms with Crippen LogP contribution in [0.5, 0.6) is 0 Å². The van der Waals surface area contributed by atoms with Gasteiger partial charge in [0.05, 0.1) is 12.7 Å². The fourth-order valence-corrected chi connectivity index (χ4v) is 3.71. The number of nitrogens with one attached hydrogen (secondary N) is 1. The molecule has 0 aromatic rings. The van der Waals surface area contributed by atoms with Gasteiger partial charge in [0, 0.05) is 22.6 Å². The van der Waals surface area contributed by atoms with Crippen LogP contribution in [-0.2, 0) is 4.74 Å². The maximum Gasteiger partial charge on any atom is 0.0666 e. The first kappa shape index (κ1) is 14.3. The second-order valence-electron chi connectivity index (χ2n) is 5.02. The van der Waals surface area contributed by atoms with E-state index >= 15 is 0 Å². The standard InChI is InChI=1S/C12H25NO2S/c1-9(7-12(3,8-14)13-4)16-11-5-6-15-10(11)2/h9-11,13-14H,5-8H2,1-4H3. The van der Waals surface area contributed by atoms with E-state index in [1.54, 1.807) is 0 Å². The van der Waals surface area contributed by atoms with Crippen LogP contribution in [0.4, 0.5) is 0 Å². The average Bonchev–Trinajstić information content (AvgIpc) is 2.64. The summed E-state index contributed by atoms with van der Waals surface area (Å²) >= 11 is 2.00. The van der Waals surface area contributed by atoms with Crippen LogP contribution >= 0.6 is 11.8 Å². The van der Waals surface area contributed by atoms with Crippen LogP contribution in [-0.4, -0.2) is 47.5 Å². The van der Waals surface area contributed by atoms with Gasteiger partial charge in [-0.2, -0.15) is 11.8 Å². The van der Waals surface area contributed by atoms with Gasteiger partial charge in [-0.15, -0.1) is 0 Å². The summed E-state index contributed by atoms with van der Waals surface area (Å²) in [4.78, 5) is 0. The molecule has 1 heterocycles. The van der Waals surface area contributed by atoms with E-state index in [-0.39, 0.29) is 12.1 Å². The quantitative estimate of drug-likeness (QED) is 0.749. The third kappa shape index (κ3) is 3.91. The van der Waals surface area contributed by atoms with E-state index in [0.29, 0.717) is 16.6 Å². The Hall–Kier alpha value is 0.230. The van der Waals surface area contributed by atoms with E-state index in [0.717, 1.165) is 19.4 Å². The molecule has 1 rings (SSSR count). The van der Waals surface area contributed by atoms with Crippen LogP contribution in [0.25, 0.3) is 0 Å². The van der Waals surface area contributed by atoms with Crippen molar-refractivity contribution in [3.05, 3.63) is 0 Å². The first-order valence-electron chi connectivity index (χ1n) is 6.07. The molecule has 0 spiro atoms. The van der Waals surface area contributed by atoms with Gasteiger partial charge in [-0.1, -0.05) is 6.92 Å². The Bertz CT molecular complexity index is 209. The topological polar surface area (TPSA) is 41.5 Å². The highest BCUT2D eigenvalue weighted by atomic mass is 32.2. The number of likely N-dealkylation sites (N-methyl/N-ethyl adjacent to an activating group) is 1. The molecular formula is C12H25NO2S. The van der Waals surface area contributed by atoms with Gasteiger partial charge in [0.15, 0.2) is 0 Å². The van der Waals surface area contributed by atoms with E-state index in [9.17, 15) is 5.11 Å². The van der Waals surface area contributed by atoms with Gasteiger partial charge in [-0.3, -0.25) is 0 Å². The molecule has 0 aromatic carbocycles. The minimum atomic E-state index is -0.158. The molecule has 0 radical (unpaired) electrons. The summed E-state index contributed by atoms with van der Waals surface area (Å²) in [6.07, 6.45) is 2.52. The van der Waals surface area contributed by atoms with Crippen molar-refractivity contribution in [1.82, 2.24) is 5.32 Å². The molecule has 1 fully saturated rings. The zero-order valence-corrected chi connectivity index (χ0v) is 11.6. The average molecular weight is 247 g/mol. The molecular weight excluding hydrogens is 222 g/mol. The molecule has 4 heteroatoms. The lowest BCUT2D eigenvalue weighted by Gasteiger charge is -2.31. The SMILES string of the molecule is CNC(C)(CO)CC(C)SC1CCOC1C. The Kier molecular flexibility index (Phi) is 5.57. The lowest BCUT2D eigenvalue weighted by Crippen LogP contribution is -2.45. The summed E-state index contributed by atoms with van der Waals surface area (Å²) in [6, 6.07) is 0. The molecule has 16 heavy (non-hydrogen) atoms. The molecule has 0 amide bonds. The zero-order chi connectivity index (χ0) is 12.2. The van der Waals surface area contributed by atoms with Gasteiger partial charge in [0.2, 0.25) is 0 Å². The largest absolute Gasteiger partial charge is 0.394 e. The van der Waals surface area contributed by atoms with E-state index < -0.39 is 0 Å². The molecule has 4 unspecified atom stereocenters. The predicted octanol–water partition coefficient (Wildman–Crippen LogP) is 1.65. The number of aliphatic hydroxyl groups is 1. The van der Waals surface area contributed by atoms with Gasteiger partial charge >= 0.3 is 0 Å². The number of rotatable bonds is 6. The molecule has 1 aliphatic rings. The Morgan fingerprint density at radius 1 is 1.62 bits per heavy atom. The van der Waals surface area contributed by atoms with Gasteiger partial charge in [0.1, 0.15) is 0 Å². The lowest BCUT2D eigenvalue weighted by atomic mass is 9.97. The van der Waals surface area contributed by atoms with Crippen LogP contribution in [0.1, 0.15) is 33.6 Å². The molecule has 0 aromatic heterocycles. The van der Waals surface area contributed by atoms with Crippen molar-refractivity contribution >= 4 is 11.8 Å². The van der Waals surface area contributed by atoms with Crippen LogP contribution in [0.15, 0.2) is 0 Å². The Balaban J connectivity index is 2.37. The third-order valence-electron chi connectivity index (χ3n) is 3.40. The number of hydrogen-bond acceptors (Lipinski definition) is 4. The highest BCUT2D eigenvalue weighted by molar-refractivity contribution is 8.00. The maximum absolute atomic E-state index is 9.35. The van der Waals surface area contributed by atoms with Crippen molar-refractivity contribution in [1.29, 1.82) is 0 Å². The summed E-state index contributed by atoms with van der Waals surface area (Å²) in [5.41, 5.74) is -0.158. The molecule has 3 nitrogen and oxygen atoms in total. The van der Waals surface area contributed by atoms with E-state index in [4.69, 9.17) is 4.74 Å². The predicted molar refractivity (Wildman–Crippen MR) is 70.0 cm³/mol. The molecule has 96 valence electrons. The van der Waals surface area contributed by atoms with Crippen LogP contribution in [0.3, 0.4) is 0 Å². The van der Waals surface area contributed by atoms with Crippen molar-refractivity contribution < 1.29 is 9.84 Å². The normalized spacial score (nSPS) is 31.3. The molecule has 0 aliphatic carbocycles. The summed E-state index contributed by atoms with van der Waals surface area (Å²) < 4.78 is 5.56. The minimum absolute atomic E-state index is 0.158. The maximum atomic E-state index is 9.35. The number of aliphatic hydroxyl groups excluding tert-OH is 1. The fraction of sp³-hybridized carbons (Fsp3) is 1.00. The zero-order valence-electron chi connectivity index (χ0n) is 10.8. The summed E-state index contributed by atoms with van der Waals surface area (Å²) in [5.74, 6) is 0. The van der Waals surface area contributed by atoms with Crippen molar-refractivity contribution in [2.45, 2.75) is 55.8 Å². The van der Waals surface area contributed by atoms with Crippen LogP contribution < -0.4 is 5.32 Å². The molecule has 1 aliphatic heterocycles. The monoisotopic (exact) mass is 247 g/mol. The second kappa shape index (κ2) is 6.24. The Labute approximate surface area is 103 Å². The highest BCUT2D eigenvalue weighted by Gasteiger charge is 2.29. The van der Waals surface area contributed by atoms with Gasteiger partial charge < -0.3 is 15.2 Å². The Morgan fingerprint density at radius 2 is 2.31 bits per heavy atom. The second-order valence-corrected chi connectivity index (χ2v) is 6.71. The third-order valence-corrected chi connectivity index (χ3v) is 5.00. The number of thioether (sulfide) groups is 1. The van der Waals surface area contributed by atoms with Crippen LogP contribution in [0.2, 0.25) is 0 Å². The smallest absolute Gasteiger partial charge is 0.0666 e. The lowest BCUT2D eigenvalue weighted by molar-refractivity contribution is 0.127. The fourth-order valence-electron chi connectivity index (χ4n) is 2.12. The highest BCUT2D eigenvalue weighted by Crippen LogP contribution is 2.32. The molecule has 4 atom stereocenters. The van der Waals surface area contributed by atoms with Gasteiger partial charge in [-0.05, 0) is 33.7 Å². The molecule has 1 saturated heterocycles. The van der Waals surface area contributed by atoms with Crippen molar-refractivity contribution in [2.24, 2.45) is 0 Å². The Morgan fingerprint density at radius 3 is 2.75 bits per heavy atom. The van der Waals surface area contributed by atoms with E-state index in [1.807, 2.05) is 18.8 Å². The van der Waals surface area contributed by atoms with Gasteiger partial charge in [-0.25, -0.2) is 0 Å².